The number of piperidine rings is 1. The first-order chi connectivity index (χ1) is 11.7. The van der Waals surface area contributed by atoms with Crippen molar-refractivity contribution in [2.24, 2.45) is 5.92 Å². The molecule has 0 saturated carbocycles. The van der Waals surface area contributed by atoms with Gasteiger partial charge in [0.25, 0.3) is 5.91 Å². The highest BCUT2D eigenvalue weighted by Crippen LogP contribution is 2.22. The normalized spacial score (nSPS) is 17.1. The topological polar surface area (TPSA) is 61.2 Å². The number of Topliss-reactive ketones (excluding diaryl/α,β-unsaturated/α-hetero) is 1. The molecule has 1 unspecified atom stereocenters. The van der Waals surface area contributed by atoms with Gasteiger partial charge in [-0.1, -0.05) is 30.3 Å². The van der Waals surface area contributed by atoms with E-state index in [-0.39, 0.29) is 17.6 Å². The summed E-state index contributed by atoms with van der Waals surface area (Å²) in [5.41, 5.74) is 1.80. The quantitative estimate of drug-likeness (QED) is 0.816. The van der Waals surface area contributed by atoms with Crippen molar-refractivity contribution in [2.75, 3.05) is 13.1 Å². The summed E-state index contributed by atoms with van der Waals surface area (Å²) in [4.78, 5) is 27.0. The van der Waals surface area contributed by atoms with E-state index in [4.69, 9.17) is 5.26 Å². The van der Waals surface area contributed by atoms with Gasteiger partial charge in [0.1, 0.15) is 0 Å². The molecule has 4 heteroatoms. The van der Waals surface area contributed by atoms with Gasteiger partial charge >= 0.3 is 0 Å². The molecular weight excluding hydrogens is 300 g/mol. The van der Waals surface area contributed by atoms with Crippen molar-refractivity contribution in [3.63, 3.8) is 0 Å². The fourth-order valence-electron chi connectivity index (χ4n) is 3.08. The van der Waals surface area contributed by atoms with Crippen LogP contribution in [0.2, 0.25) is 0 Å². The number of carbonyl (C=O) groups is 2. The van der Waals surface area contributed by atoms with Crippen molar-refractivity contribution in [3.8, 4) is 6.07 Å². The molecule has 1 fully saturated rings. The van der Waals surface area contributed by atoms with Crippen molar-refractivity contribution < 1.29 is 9.59 Å². The van der Waals surface area contributed by atoms with E-state index in [1.54, 1.807) is 41.3 Å². The lowest BCUT2D eigenvalue weighted by atomic mass is 9.89. The van der Waals surface area contributed by atoms with Crippen molar-refractivity contribution in [3.05, 3.63) is 71.3 Å². The Morgan fingerprint density at radius 3 is 2.38 bits per heavy atom. The lowest BCUT2D eigenvalue weighted by molar-refractivity contribution is 0.0637. The Balaban J connectivity index is 1.72. The van der Waals surface area contributed by atoms with E-state index in [1.807, 2.05) is 24.3 Å². The highest BCUT2D eigenvalue weighted by atomic mass is 16.2. The van der Waals surface area contributed by atoms with Gasteiger partial charge in [0.2, 0.25) is 0 Å². The second kappa shape index (κ2) is 7.10. The molecule has 2 aromatic carbocycles. The highest BCUT2D eigenvalue weighted by molar-refractivity contribution is 5.99. The van der Waals surface area contributed by atoms with Crippen LogP contribution in [0.1, 0.15) is 39.1 Å². The number of nitrogens with zero attached hydrogens (tertiary/aromatic N) is 2. The van der Waals surface area contributed by atoms with Gasteiger partial charge in [0, 0.05) is 30.1 Å². The number of carbonyl (C=O) groups excluding carboxylic acids is 2. The number of amides is 1. The maximum absolute atomic E-state index is 12.7. The number of hydrogen-bond donors (Lipinski definition) is 0. The number of rotatable bonds is 3. The first kappa shape index (κ1) is 15.9. The van der Waals surface area contributed by atoms with Crippen molar-refractivity contribution >= 4 is 11.7 Å². The van der Waals surface area contributed by atoms with Gasteiger partial charge in [0.15, 0.2) is 5.78 Å². The Kier molecular flexibility index (Phi) is 4.72. The molecule has 0 bridgehead atoms. The van der Waals surface area contributed by atoms with Gasteiger partial charge in [-0.25, -0.2) is 0 Å². The summed E-state index contributed by atoms with van der Waals surface area (Å²) < 4.78 is 0. The third-order valence-corrected chi connectivity index (χ3v) is 4.40. The minimum atomic E-state index is -0.181. The van der Waals surface area contributed by atoms with Crippen LogP contribution < -0.4 is 0 Å². The Hall–Kier alpha value is -2.93. The average Bonchev–Trinajstić information content (AvgIpc) is 2.67. The first-order valence-electron chi connectivity index (χ1n) is 8.08. The molecule has 1 atom stereocenters. The van der Waals surface area contributed by atoms with Crippen LogP contribution in [0, 0.1) is 17.2 Å². The zero-order valence-electron chi connectivity index (χ0n) is 13.3. The molecule has 0 aliphatic carbocycles. The van der Waals surface area contributed by atoms with Crippen LogP contribution >= 0.6 is 0 Å². The van der Waals surface area contributed by atoms with Crippen LogP contribution in [-0.2, 0) is 0 Å². The Labute approximate surface area is 141 Å². The minimum absolute atomic E-state index is 0.0204. The predicted molar refractivity (Wildman–Crippen MR) is 90.6 cm³/mol. The molecule has 24 heavy (non-hydrogen) atoms. The molecule has 1 heterocycles. The van der Waals surface area contributed by atoms with Crippen LogP contribution in [0.3, 0.4) is 0 Å². The molecule has 0 radical (unpaired) electrons. The van der Waals surface area contributed by atoms with E-state index >= 15 is 0 Å². The van der Waals surface area contributed by atoms with Crippen molar-refractivity contribution in [1.82, 2.24) is 4.90 Å². The number of likely N-dealkylation sites (tertiary alicyclic amines) is 1. The number of nitriles is 1. The molecule has 0 spiro atoms. The van der Waals surface area contributed by atoms with Gasteiger partial charge in [-0.15, -0.1) is 0 Å². The van der Waals surface area contributed by atoms with Crippen molar-refractivity contribution in [1.29, 1.82) is 5.26 Å². The van der Waals surface area contributed by atoms with Gasteiger partial charge in [-0.05, 0) is 37.1 Å². The average molecular weight is 318 g/mol. The third-order valence-electron chi connectivity index (χ3n) is 4.40. The second-order valence-electron chi connectivity index (χ2n) is 6.01. The Morgan fingerprint density at radius 1 is 1.00 bits per heavy atom. The van der Waals surface area contributed by atoms with E-state index in [0.717, 1.165) is 12.8 Å². The lowest BCUT2D eigenvalue weighted by Crippen LogP contribution is -2.42. The zero-order valence-corrected chi connectivity index (χ0v) is 13.3. The highest BCUT2D eigenvalue weighted by Gasteiger charge is 2.29. The van der Waals surface area contributed by atoms with Gasteiger partial charge in [-0.3, -0.25) is 9.59 Å². The summed E-state index contributed by atoms with van der Waals surface area (Å²) in [6.07, 6.45) is 1.61. The summed E-state index contributed by atoms with van der Waals surface area (Å²) in [5, 5.41) is 8.84. The fraction of sp³-hybridized carbons (Fsp3) is 0.250. The van der Waals surface area contributed by atoms with Crippen LogP contribution in [-0.4, -0.2) is 29.7 Å². The minimum Gasteiger partial charge on any atom is -0.338 e. The SMILES string of the molecule is N#Cc1ccc(C(=O)C2CCCN(C(=O)c3ccccc3)C2)cc1. The molecule has 1 amide bonds. The molecule has 2 aromatic rings. The molecular formula is C20H18N2O2. The van der Waals surface area contributed by atoms with E-state index < -0.39 is 0 Å². The molecule has 1 saturated heterocycles. The van der Waals surface area contributed by atoms with Gasteiger partial charge < -0.3 is 4.90 Å². The summed E-state index contributed by atoms with van der Waals surface area (Å²) in [6, 6.07) is 17.9. The Bertz CT molecular complexity index is 776. The van der Waals surface area contributed by atoms with Crippen LogP contribution in [0.15, 0.2) is 54.6 Å². The van der Waals surface area contributed by atoms with Gasteiger partial charge in [-0.2, -0.15) is 5.26 Å². The third kappa shape index (κ3) is 3.36. The lowest BCUT2D eigenvalue weighted by Gasteiger charge is -2.32. The monoisotopic (exact) mass is 318 g/mol. The van der Waals surface area contributed by atoms with E-state index in [2.05, 4.69) is 0 Å². The smallest absolute Gasteiger partial charge is 0.253 e. The number of benzene rings is 2. The first-order valence-corrected chi connectivity index (χ1v) is 8.08. The maximum atomic E-state index is 12.7. The molecule has 0 N–H and O–H groups in total. The molecule has 1 aliphatic heterocycles. The van der Waals surface area contributed by atoms with E-state index in [0.29, 0.717) is 29.8 Å². The molecule has 120 valence electrons. The molecule has 4 nitrogen and oxygen atoms in total. The zero-order chi connectivity index (χ0) is 16.9. The largest absolute Gasteiger partial charge is 0.338 e. The van der Waals surface area contributed by atoms with E-state index in [9.17, 15) is 9.59 Å². The van der Waals surface area contributed by atoms with Crippen molar-refractivity contribution in [2.45, 2.75) is 12.8 Å². The number of ketones is 1. The summed E-state index contributed by atoms with van der Waals surface area (Å²) >= 11 is 0. The number of hydrogen-bond acceptors (Lipinski definition) is 3. The maximum Gasteiger partial charge on any atom is 0.253 e. The molecule has 1 aliphatic rings. The summed E-state index contributed by atoms with van der Waals surface area (Å²) in [7, 11) is 0. The van der Waals surface area contributed by atoms with E-state index in [1.165, 1.54) is 0 Å². The fourth-order valence-corrected chi connectivity index (χ4v) is 3.08. The van der Waals surface area contributed by atoms with Crippen LogP contribution in [0.25, 0.3) is 0 Å². The second-order valence-corrected chi connectivity index (χ2v) is 6.01. The predicted octanol–water partition coefficient (Wildman–Crippen LogP) is 3.29. The molecule has 3 rings (SSSR count). The van der Waals surface area contributed by atoms with Gasteiger partial charge in [0.05, 0.1) is 11.6 Å². The Morgan fingerprint density at radius 2 is 1.71 bits per heavy atom. The summed E-state index contributed by atoms with van der Waals surface area (Å²) in [5.74, 6) is -0.155. The van der Waals surface area contributed by atoms with Crippen LogP contribution in [0.4, 0.5) is 0 Å². The molecule has 0 aromatic heterocycles. The standard InChI is InChI=1S/C20H18N2O2/c21-13-15-8-10-16(11-9-15)19(23)18-7-4-12-22(14-18)20(24)17-5-2-1-3-6-17/h1-3,5-6,8-11,18H,4,7,12,14H2. The van der Waals surface area contributed by atoms with Crippen LogP contribution in [0.5, 0.6) is 0 Å². The summed E-state index contributed by atoms with van der Waals surface area (Å²) in [6.45, 7) is 1.14.